The first-order valence-electron chi connectivity index (χ1n) is 8.60. The number of halogens is 2. The predicted molar refractivity (Wildman–Crippen MR) is 98.6 cm³/mol. The second-order valence-corrected chi connectivity index (χ2v) is 6.88. The van der Waals surface area contributed by atoms with Crippen LogP contribution >= 0.6 is 11.6 Å². The van der Waals surface area contributed by atoms with Crippen LogP contribution in [0.5, 0.6) is 0 Å². The molecule has 1 aliphatic heterocycles. The third-order valence-electron chi connectivity index (χ3n) is 4.52. The zero-order valence-electron chi connectivity index (χ0n) is 14.3. The number of piperidine rings is 1. The zero-order chi connectivity index (χ0) is 18.5. The molecule has 4 nitrogen and oxygen atoms in total. The van der Waals surface area contributed by atoms with Gasteiger partial charge in [0.05, 0.1) is 6.42 Å². The largest absolute Gasteiger partial charge is 0.353 e. The first kappa shape index (κ1) is 18.4. The molecule has 1 heterocycles. The first-order valence-corrected chi connectivity index (χ1v) is 8.98. The van der Waals surface area contributed by atoms with E-state index in [2.05, 4.69) is 5.32 Å². The standard InChI is InChI=1S/C20H20ClFN2O2/c21-16-5-3-15(4-6-16)20(26)24-11-9-18(10-12-24)23-19(25)13-14-1-7-17(22)8-2-14/h1-8,18H,9-13H2,(H,23,25). The highest BCUT2D eigenvalue weighted by Crippen LogP contribution is 2.16. The van der Waals surface area contributed by atoms with Crippen LogP contribution in [-0.2, 0) is 11.2 Å². The Balaban J connectivity index is 1.47. The molecule has 1 aliphatic rings. The van der Waals surface area contributed by atoms with Crippen LogP contribution in [-0.4, -0.2) is 35.8 Å². The number of nitrogens with one attached hydrogen (secondary N) is 1. The molecule has 1 saturated heterocycles. The average molecular weight is 375 g/mol. The lowest BCUT2D eigenvalue weighted by Crippen LogP contribution is -2.46. The Bertz CT molecular complexity index is 769. The van der Waals surface area contributed by atoms with E-state index < -0.39 is 0 Å². The van der Waals surface area contributed by atoms with E-state index in [0.29, 0.717) is 36.5 Å². The van der Waals surface area contributed by atoms with Crippen LogP contribution in [0.25, 0.3) is 0 Å². The third-order valence-corrected chi connectivity index (χ3v) is 4.77. The van der Waals surface area contributed by atoms with Gasteiger partial charge in [-0.2, -0.15) is 0 Å². The molecule has 3 rings (SSSR count). The Morgan fingerprint density at radius 1 is 1.04 bits per heavy atom. The summed E-state index contributed by atoms with van der Waals surface area (Å²) >= 11 is 5.85. The van der Waals surface area contributed by atoms with Gasteiger partial charge in [-0.1, -0.05) is 23.7 Å². The number of nitrogens with zero attached hydrogens (tertiary/aromatic N) is 1. The predicted octanol–water partition coefficient (Wildman–Crippen LogP) is 3.44. The van der Waals surface area contributed by atoms with Crippen molar-refractivity contribution in [2.45, 2.75) is 25.3 Å². The Kier molecular flexibility index (Phi) is 5.89. The molecule has 1 fully saturated rings. The molecule has 0 atom stereocenters. The van der Waals surface area contributed by atoms with Crippen molar-refractivity contribution < 1.29 is 14.0 Å². The van der Waals surface area contributed by atoms with E-state index in [1.165, 1.54) is 12.1 Å². The summed E-state index contributed by atoms with van der Waals surface area (Å²) in [5, 5.41) is 3.60. The summed E-state index contributed by atoms with van der Waals surface area (Å²) in [6.07, 6.45) is 1.66. The van der Waals surface area contributed by atoms with Gasteiger partial charge in [-0.15, -0.1) is 0 Å². The van der Waals surface area contributed by atoms with Crippen molar-refractivity contribution in [2.24, 2.45) is 0 Å². The van der Waals surface area contributed by atoms with E-state index in [1.807, 2.05) is 0 Å². The van der Waals surface area contributed by atoms with E-state index in [-0.39, 0.29) is 30.1 Å². The number of hydrogen-bond acceptors (Lipinski definition) is 2. The molecule has 0 bridgehead atoms. The van der Waals surface area contributed by atoms with Crippen molar-refractivity contribution in [2.75, 3.05) is 13.1 Å². The summed E-state index contributed by atoms with van der Waals surface area (Å²) in [5.41, 5.74) is 1.40. The van der Waals surface area contributed by atoms with Gasteiger partial charge in [-0.3, -0.25) is 9.59 Å². The third kappa shape index (κ3) is 4.82. The van der Waals surface area contributed by atoms with Crippen LogP contribution in [0.15, 0.2) is 48.5 Å². The number of rotatable bonds is 4. The lowest BCUT2D eigenvalue weighted by atomic mass is 10.0. The molecule has 0 saturated carbocycles. The van der Waals surface area contributed by atoms with Crippen LogP contribution in [0.2, 0.25) is 5.02 Å². The fraction of sp³-hybridized carbons (Fsp3) is 0.300. The number of carbonyl (C=O) groups is 2. The Hall–Kier alpha value is -2.40. The summed E-state index contributed by atoms with van der Waals surface area (Å²) in [6.45, 7) is 1.20. The Labute approximate surface area is 157 Å². The van der Waals surface area contributed by atoms with E-state index in [0.717, 1.165) is 5.56 Å². The molecule has 6 heteroatoms. The molecule has 26 heavy (non-hydrogen) atoms. The van der Waals surface area contributed by atoms with Gasteiger partial charge in [0.25, 0.3) is 5.91 Å². The monoisotopic (exact) mass is 374 g/mol. The molecular formula is C20H20ClFN2O2. The minimum atomic E-state index is -0.313. The Morgan fingerprint density at radius 3 is 2.27 bits per heavy atom. The van der Waals surface area contributed by atoms with Crippen LogP contribution < -0.4 is 5.32 Å². The molecule has 0 unspecified atom stereocenters. The Morgan fingerprint density at radius 2 is 1.65 bits per heavy atom. The van der Waals surface area contributed by atoms with Gasteiger partial charge in [0.2, 0.25) is 5.91 Å². The number of benzene rings is 2. The van der Waals surface area contributed by atoms with Crippen LogP contribution in [0, 0.1) is 5.82 Å². The molecule has 136 valence electrons. The minimum Gasteiger partial charge on any atom is -0.353 e. The van der Waals surface area contributed by atoms with Crippen molar-refractivity contribution in [3.05, 3.63) is 70.5 Å². The SMILES string of the molecule is O=C(Cc1ccc(F)cc1)NC1CCN(C(=O)c2ccc(Cl)cc2)CC1. The van der Waals surface area contributed by atoms with Crippen LogP contribution in [0.1, 0.15) is 28.8 Å². The van der Waals surface area contributed by atoms with Gasteiger partial charge in [-0.05, 0) is 54.8 Å². The maximum absolute atomic E-state index is 12.9. The normalized spacial score (nSPS) is 14.9. The second-order valence-electron chi connectivity index (χ2n) is 6.44. The van der Waals surface area contributed by atoms with Gasteiger partial charge < -0.3 is 10.2 Å². The van der Waals surface area contributed by atoms with Gasteiger partial charge in [-0.25, -0.2) is 4.39 Å². The van der Waals surface area contributed by atoms with Crippen molar-refractivity contribution in [3.63, 3.8) is 0 Å². The lowest BCUT2D eigenvalue weighted by molar-refractivity contribution is -0.121. The second kappa shape index (κ2) is 8.32. The zero-order valence-corrected chi connectivity index (χ0v) is 15.0. The highest BCUT2D eigenvalue weighted by Gasteiger charge is 2.24. The molecule has 2 aromatic carbocycles. The molecule has 0 aromatic heterocycles. The van der Waals surface area contributed by atoms with Crippen LogP contribution in [0.4, 0.5) is 4.39 Å². The van der Waals surface area contributed by atoms with Gasteiger partial charge >= 0.3 is 0 Å². The quantitative estimate of drug-likeness (QED) is 0.891. The van der Waals surface area contributed by atoms with Crippen molar-refractivity contribution >= 4 is 23.4 Å². The van der Waals surface area contributed by atoms with Crippen molar-refractivity contribution in [3.8, 4) is 0 Å². The summed E-state index contributed by atoms with van der Waals surface area (Å²) < 4.78 is 12.9. The summed E-state index contributed by atoms with van der Waals surface area (Å²) in [4.78, 5) is 26.4. The van der Waals surface area contributed by atoms with Gasteiger partial charge in [0, 0.05) is 29.7 Å². The van der Waals surface area contributed by atoms with E-state index >= 15 is 0 Å². The molecule has 0 radical (unpaired) electrons. The fourth-order valence-corrected chi connectivity index (χ4v) is 3.19. The lowest BCUT2D eigenvalue weighted by Gasteiger charge is -2.32. The highest BCUT2D eigenvalue weighted by molar-refractivity contribution is 6.30. The molecule has 2 amide bonds. The summed E-state index contributed by atoms with van der Waals surface area (Å²) in [7, 11) is 0. The molecule has 1 N–H and O–H groups in total. The van der Waals surface area contributed by atoms with Gasteiger partial charge in [0.15, 0.2) is 0 Å². The molecule has 2 aromatic rings. The van der Waals surface area contributed by atoms with Crippen molar-refractivity contribution in [1.29, 1.82) is 0 Å². The number of likely N-dealkylation sites (tertiary alicyclic amines) is 1. The van der Waals surface area contributed by atoms with E-state index in [4.69, 9.17) is 11.6 Å². The summed E-state index contributed by atoms with van der Waals surface area (Å²) in [6, 6.07) is 12.8. The number of hydrogen-bond donors (Lipinski definition) is 1. The number of carbonyl (C=O) groups excluding carboxylic acids is 2. The highest BCUT2D eigenvalue weighted by atomic mass is 35.5. The first-order chi connectivity index (χ1) is 12.5. The smallest absolute Gasteiger partial charge is 0.253 e. The minimum absolute atomic E-state index is 0.0160. The van der Waals surface area contributed by atoms with Crippen LogP contribution in [0.3, 0.4) is 0 Å². The average Bonchev–Trinajstić information content (AvgIpc) is 2.64. The maximum atomic E-state index is 12.9. The van der Waals surface area contributed by atoms with E-state index in [1.54, 1.807) is 41.3 Å². The van der Waals surface area contributed by atoms with E-state index in [9.17, 15) is 14.0 Å². The number of amides is 2. The summed E-state index contributed by atoms with van der Waals surface area (Å²) in [5.74, 6) is -0.413. The van der Waals surface area contributed by atoms with Gasteiger partial charge in [0.1, 0.15) is 5.82 Å². The molecule has 0 spiro atoms. The topological polar surface area (TPSA) is 49.4 Å². The van der Waals surface area contributed by atoms with Crippen molar-refractivity contribution in [1.82, 2.24) is 10.2 Å². The maximum Gasteiger partial charge on any atom is 0.253 e. The fourth-order valence-electron chi connectivity index (χ4n) is 3.07. The molecule has 0 aliphatic carbocycles. The molecular weight excluding hydrogens is 355 g/mol.